The van der Waals surface area contributed by atoms with E-state index in [2.05, 4.69) is 9.36 Å². The van der Waals surface area contributed by atoms with Gasteiger partial charge in [-0.2, -0.15) is 9.36 Å². The predicted octanol–water partition coefficient (Wildman–Crippen LogP) is 2.61. The fraction of sp³-hybridized carbons (Fsp3) is 0.200. The summed E-state index contributed by atoms with van der Waals surface area (Å²) in [4.78, 5) is 4.07. The molecule has 0 bridgehead atoms. The summed E-state index contributed by atoms with van der Waals surface area (Å²) in [6.07, 6.45) is 0.726. The van der Waals surface area contributed by atoms with Crippen LogP contribution in [0, 0.1) is 5.82 Å². The lowest BCUT2D eigenvalue weighted by molar-refractivity contribution is 0.439. The van der Waals surface area contributed by atoms with E-state index in [9.17, 15) is 4.39 Å². The molecule has 0 fully saturated rings. The van der Waals surface area contributed by atoms with Crippen LogP contribution in [0.2, 0.25) is 0 Å². The molecule has 0 spiro atoms. The average Bonchev–Trinajstić information content (AvgIpc) is 2.70. The molecule has 0 radical (unpaired) electrons. The molecule has 0 aliphatic carbocycles. The monoisotopic (exact) mass is 239 g/mol. The maximum Gasteiger partial charge on any atom is 0.298 e. The first-order valence-corrected chi connectivity index (χ1v) is 5.52. The van der Waals surface area contributed by atoms with Crippen molar-refractivity contribution in [3.8, 4) is 10.9 Å². The number of nitrogen functional groups attached to an aromatic ring is 1. The van der Waals surface area contributed by atoms with Gasteiger partial charge in [0.15, 0.2) is 11.6 Å². The van der Waals surface area contributed by atoms with E-state index in [1.54, 1.807) is 6.07 Å². The van der Waals surface area contributed by atoms with E-state index >= 15 is 0 Å². The van der Waals surface area contributed by atoms with Crippen molar-refractivity contribution in [1.82, 2.24) is 9.36 Å². The van der Waals surface area contributed by atoms with Crippen LogP contribution in [0.1, 0.15) is 12.7 Å². The van der Waals surface area contributed by atoms with Crippen molar-refractivity contribution in [3.05, 3.63) is 29.8 Å². The molecule has 2 aromatic rings. The van der Waals surface area contributed by atoms with Crippen LogP contribution in [-0.2, 0) is 6.42 Å². The lowest BCUT2D eigenvalue weighted by atomic mass is 10.3. The minimum atomic E-state index is -0.506. The van der Waals surface area contributed by atoms with E-state index in [4.69, 9.17) is 10.5 Å². The van der Waals surface area contributed by atoms with Gasteiger partial charge in [-0.15, -0.1) is 0 Å². The molecule has 0 aliphatic heterocycles. The zero-order valence-electron chi connectivity index (χ0n) is 8.61. The smallest absolute Gasteiger partial charge is 0.298 e. The van der Waals surface area contributed by atoms with Gasteiger partial charge in [-0.05, 0) is 12.1 Å². The second kappa shape index (κ2) is 4.44. The standard InChI is InChI=1S/C10H10FN3OS/c1-2-9-13-10(16-14-9)15-8-4-3-6(12)5-7(8)11/h3-5H,2,12H2,1H3. The van der Waals surface area contributed by atoms with Gasteiger partial charge in [-0.25, -0.2) is 4.39 Å². The fourth-order valence-corrected chi connectivity index (χ4v) is 1.74. The van der Waals surface area contributed by atoms with Crippen molar-refractivity contribution in [1.29, 1.82) is 0 Å². The first-order chi connectivity index (χ1) is 7.69. The van der Waals surface area contributed by atoms with Crippen molar-refractivity contribution >= 4 is 17.2 Å². The van der Waals surface area contributed by atoms with Crippen molar-refractivity contribution in [2.24, 2.45) is 0 Å². The van der Waals surface area contributed by atoms with E-state index in [1.165, 1.54) is 12.1 Å². The second-order valence-electron chi connectivity index (χ2n) is 3.12. The Morgan fingerprint density at radius 3 is 2.94 bits per heavy atom. The first kappa shape index (κ1) is 10.8. The molecule has 1 aromatic carbocycles. The molecule has 0 amide bonds. The van der Waals surface area contributed by atoms with Crippen LogP contribution in [0.25, 0.3) is 0 Å². The fourth-order valence-electron chi connectivity index (χ4n) is 1.12. The topological polar surface area (TPSA) is 61.0 Å². The third-order valence-corrected chi connectivity index (χ3v) is 2.55. The Kier molecular flexibility index (Phi) is 3.00. The summed E-state index contributed by atoms with van der Waals surface area (Å²) >= 11 is 1.10. The van der Waals surface area contributed by atoms with Crippen LogP contribution in [0.3, 0.4) is 0 Å². The molecule has 16 heavy (non-hydrogen) atoms. The van der Waals surface area contributed by atoms with Gasteiger partial charge in [0.2, 0.25) is 0 Å². The quantitative estimate of drug-likeness (QED) is 0.836. The highest BCUT2D eigenvalue weighted by molar-refractivity contribution is 7.07. The zero-order valence-corrected chi connectivity index (χ0v) is 9.42. The van der Waals surface area contributed by atoms with E-state index < -0.39 is 5.82 Å². The van der Waals surface area contributed by atoms with Crippen molar-refractivity contribution < 1.29 is 9.13 Å². The summed E-state index contributed by atoms with van der Waals surface area (Å²) in [6.45, 7) is 1.94. The Balaban J connectivity index is 2.20. The van der Waals surface area contributed by atoms with Gasteiger partial charge < -0.3 is 10.5 Å². The lowest BCUT2D eigenvalue weighted by Gasteiger charge is -2.02. The highest BCUT2D eigenvalue weighted by atomic mass is 32.1. The number of nitrogens with two attached hydrogens (primary N) is 1. The van der Waals surface area contributed by atoms with Gasteiger partial charge in [0.1, 0.15) is 5.82 Å². The average molecular weight is 239 g/mol. The number of hydrogen-bond acceptors (Lipinski definition) is 5. The van der Waals surface area contributed by atoms with Crippen LogP contribution in [0.15, 0.2) is 18.2 Å². The van der Waals surface area contributed by atoms with E-state index in [1.807, 2.05) is 6.92 Å². The summed E-state index contributed by atoms with van der Waals surface area (Å²) in [5.74, 6) is 0.289. The number of benzene rings is 1. The van der Waals surface area contributed by atoms with Gasteiger partial charge in [0, 0.05) is 29.7 Å². The van der Waals surface area contributed by atoms with Gasteiger partial charge in [-0.1, -0.05) is 6.92 Å². The normalized spacial score (nSPS) is 10.4. The maximum atomic E-state index is 13.4. The molecular formula is C10H10FN3OS. The first-order valence-electron chi connectivity index (χ1n) is 4.74. The van der Waals surface area contributed by atoms with Crippen molar-refractivity contribution in [3.63, 3.8) is 0 Å². The van der Waals surface area contributed by atoms with E-state index in [-0.39, 0.29) is 5.75 Å². The van der Waals surface area contributed by atoms with Crippen molar-refractivity contribution in [2.75, 3.05) is 5.73 Å². The third-order valence-electron chi connectivity index (χ3n) is 1.92. The zero-order chi connectivity index (χ0) is 11.5. The van der Waals surface area contributed by atoms with Crippen LogP contribution < -0.4 is 10.5 Å². The van der Waals surface area contributed by atoms with Crippen LogP contribution in [0.5, 0.6) is 10.9 Å². The Morgan fingerprint density at radius 1 is 1.50 bits per heavy atom. The molecule has 6 heteroatoms. The summed E-state index contributed by atoms with van der Waals surface area (Å²) in [5, 5.41) is 0.334. The number of aromatic nitrogens is 2. The van der Waals surface area contributed by atoms with E-state index in [0.717, 1.165) is 18.0 Å². The minimum Gasteiger partial charge on any atom is -0.427 e. The summed E-state index contributed by atoms with van der Waals surface area (Å²) < 4.78 is 22.7. The number of aryl methyl sites for hydroxylation is 1. The molecule has 0 saturated heterocycles. The van der Waals surface area contributed by atoms with Gasteiger partial charge >= 0.3 is 0 Å². The predicted molar refractivity (Wildman–Crippen MR) is 60.2 cm³/mol. The van der Waals surface area contributed by atoms with E-state index in [0.29, 0.717) is 16.7 Å². The number of anilines is 1. The molecule has 0 saturated carbocycles. The number of rotatable bonds is 3. The Morgan fingerprint density at radius 2 is 2.31 bits per heavy atom. The van der Waals surface area contributed by atoms with Crippen LogP contribution in [0.4, 0.5) is 10.1 Å². The van der Waals surface area contributed by atoms with Crippen molar-refractivity contribution in [2.45, 2.75) is 13.3 Å². The maximum absolute atomic E-state index is 13.4. The minimum absolute atomic E-state index is 0.105. The number of nitrogens with zero attached hydrogens (tertiary/aromatic N) is 2. The van der Waals surface area contributed by atoms with Crippen LogP contribution >= 0.6 is 11.5 Å². The molecule has 1 heterocycles. The molecule has 84 valence electrons. The Hall–Kier alpha value is -1.69. The molecular weight excluding hydrogens is 229 g/mol. The highest BCUT2D eigenvalue weighted by Gasteiger charge is 2.08. The Labute approximate surface area is 96.1 Å². The van der Waals surface area contributed by atoms with Gasteiger partial charge in [0.25, 0.3) is 5.19 Å². The highest BCUT2D eigenvalue weighted by Crippen LogP contribution is 2.26. The van der Waals surface area contributed by atoms with Gasteiger partial charge in [0.05, 0.1) is 0 Å². The molecule has 0 unspecified atom stereocenters. The second-order valence-corrected chi connectivity index (χ2v) is 3.84. The number of ether oxygens (including phenoxy) is 1. The molecule has 1 aromatic heterocycles. The molecule has 0 atom stereocenters. The molecule has 2 N–H and O–H groups in total. The molecule has 0 aliphatic rings. The molecule has 4 nitrogen and oxygen atoms in total. The van der Waals surface area contributed by atoms with Crippen LogP contribution in [-0.4, -0.2) is 9.36 Å². The lowest BCUT2D eigenvalue weighted by Crippen LogP contribution is -1.91. The van der Waals surface area contributed by atoms with Gasteiger partial charge in [-0.3, -0.25) is 0 Å². The number of hydrogen-bond donors (Lipinski definition) is 1. The Bertz CT molecular complexity index is 501. The molecule has 2 rings (SSSR count). The summed E-state index contributed by atoms with van der Waals surface area (Å²) in [7, 11) is 0. The number of halogens is 1. The SMILES string of the molecule is CCc1nsc(Oc2ccc(N)cc2F)n1. The largest absolute Gasteiger partial charge is 0.427 e. The summed E-state index contributed by atoms with van der Waals surface area (Å²) in [5.41, 5.74) is 5.78. The summed E-state index contributed by atoms with van der Waals surface area (Å²) in [6, 6.07) is 4.25. The third kappa shape index (κ3) is 2.27.